The molecule has 0 atom stereocenters. The van der Waals surface area contributed by atoms with E-state index in [9.17, 15) is 9.18 Å². The lowest BCUT2D eigenvalue weighted by Crippen LogP contribution is -2.22. The van der Waals surface area contributed by atoms with Crippen molar-refractivity contribution in [1.29, 1.82) is 0 Å². The van der Waals surface area contributed by atoms with E-state index in [1.54, 1.807) is 23.0 Å². The quantitative estimate of drug-likeness (QED) is 0.581. The highest BCUT2D eigenvalue weighted by Gasteiger charge is 2.13. The fraction of sp³-hybridized carbons (Fsp3) is 0.188. The number of aryl methyl sites for hydroxylation is 1. The Kier molecular flexibility index (Phi) is 3.23. The van der Waals surface area contributed by atoms with Crippen LogP contribution in [0.15, 0.2) is 40.8 Å². The summed E-state index contributed by atoms with van der Waals surface area (Å²) >= 11 is 1.44. The maximum Gasteiger partial charge on any atom is 0.262 e. The first-order valence-electron chi connectivity index (χ1n) is 7.24. The van der Waals surface area contributed by atoms with Gasteiger partial charge in [-0.3, -0.25) is 9.36 Å². The predicted molar refractivity (Wildman–Crippen MR) is 88.3 cm³/mol. The zero-order valence-corrected chi connectivity index (χ0v) is 13.2. The average Bonchev–Trinajstić information content (AvgIpc) is 3.13. The maximum absolute atomic E-state index is 13.4. The standard InChI is InChI=1S/C16H13FN4OS/c1-2-21-13-4-3-10(17)7-12(13)19-14(21)8-20-9-18-15-11(16(20)22)5-6-23-15/h3-7,9H,2,8H2,1H3. The summed E-state index contributed by atoms with van der Waals surface area (Å²) in [5.41, 5.74) is 1.37. The molecule has 1 aromatic carbocycles. The molecule has 0 fully saturated rings. The first-order valence-corrected chi connectivity index (χ1v) is 8.12. The zero-order valence-electron chi connectivity index (χ0n) is 12.4. The average molecular weight is 328 g/mol. The summed E-state index contributed by atoms with van der Waals surface area (Å²) in [5.74, 6) is 0.398. The van der Waals surface area contributed by atoms with Crippen LogP contribution < -0.4 is 5.56 Å². The summed E-state index contributed by atoms with van der Waals surface area (Å²) in [5, 5.41) is 2.47. The number of imidazole rings is 1. The van der Waals surface area contributed by atoms with Gasteiger partial charge in [-0.2, -0.15) is 0 Å². The molecule has 0 aliphatic rings. The van der Waals surface area contributed by atoms with Gasteiger partial charge in [-0.1, -0.05) is 0 Å². The van der Waals surface area contributed by atoms with Crippen molar-refractivity contribution in [3.8, 4) is 0 Å². The van der Waals surface area contributed by atoms with Crippen molar-refractivity contribution in [1.82, 2.24) is 19.1 Å². The lowest BCUT2D eigenvalue weighted by Gasteiger charge is -2.08. The Labute approximate surface area is 134 Å². The summed E-state index contributed by atoms with van der Waals surface area (Å²) < 4.78 is 16.9. The molecule has 0 N–H and O–H groups in total. The fourth-order valence-corrected chi connectivity index (χ4v) is 3.51. The van der Waals surface area contributed by atoms with Crippen LogP contribution in [0.3, 0.4) is 0 Å². The number of hydrogen-bond donors (Lipinski definition) is 0. The van der Waals surface area contributed by atoms with E-state index < -0.39 is 0 Å². The van der Waals surface area contributed by atoms with Crippen molar-refractivity contribution in [2.75, 3.05) is 0 Å². The Morgan fingerprint density at radius 1 is 1.30 bits per heavy atom. The number of rotatable bonds is 3. The minimum Gasteiger partial charge on any atom is -0.327 e. The monoisotopic (exact) mass is 328 g/mol. The number of aromatic nitrogens is 4. The molecule has 0 saturated heterocycles. The van der Waals surface area contributed by atoms with Gasteiger partial charge in [-0.25, -0.2) is 14.4 Å². The van der Waals surface area contributed by atoms with Crippen LogP contribution in [0.4, 0.5) is 4.39 Å². The van der Waals surface area contributed by atoms with Gasteiger partial charge in [0.2, 0.25) is 0 Å². The fourth-order valence-electron chi connectivity index (χ4n) is 2.78. The SMILES string of the molecule is CCn1c(Cn2cnc3sccc3c2=O)nc2cc(F)ccc21. The minimum absolute atomic E-state index is 0.0860. The zero-order chi connectivity index (χ0) is 16.0. The highest BCUT2D eigenvalue weighted by Crippen LogP contribution is 2.19. The third-order valence-electron chi connectivity index (χ3n) is 3.87. The summed E-state index contributed by atoms with van der Waals surface area (Å²) in [4.78, 5) is 22.0. The van der Waals surface area contributed by atoms with E-state index >= 15 is 0 Å². The molecule has 23 heavy (non-hydrogen) atoms. The van der Waals surface area contributed by atoms with Gasteiger partial charge in [0.05, 0.1) is 29.3 Å². The van der Waals surface area contributed by atoms with E-state index in [4.69, 9.17) is 0 Å². The van der Waals surface area contributed by atoms with Gasteiger partial charge in [0, 0.05) is 12.6 Å². The Bertz CT molecular complexity index is 1080. The van der Waals surface area contributed by atoms with Crippen LogP contribution in [-0.4, -0.2) is 19.1 Å². The molecular weight excluding hydrogens is 315 g/mol. The van der Waals surface area contributed by atoms with Crippen molar-refractivity contribution in [2.45, 2.75) is 20.0 Å². The Morgan fingerprint density at radius 2 is 2.17 bits per heavy atom. The molecule has 0 aliphatic carbocycles. The summed E-state index contributed by atoms with van der Waals surface area (Å²) in [7, 11) is 0. The Balaban J connectivity index is 1.85. The van der Waals surface area contributed by atoms with Crippen molar-refractivity contribution in [3.05, 3.63) is 58.0 Å². The van der Waals surface area contributed by atoms with E-state index in [2.05, 4.69) is 9.97 Å². The van der Waals surface area contributed by atoms with Crippen molar-refractivity contribution in [3.63, 3.8) is 0 Å². The minimum atomic E-state index is -0.316. The van der Waals surface area contributed by atoms with E-state index in [1.807, 2.05) is 16.9 Å². The van der Waals surface area contributed by atoms with E-state index in [0.29, 0.717) is 29.8 Å². The smallest absolute Gasteiger partial charge is 0.262 e. The first kappa shape index (κ1) is 14.1. The lowest BCUT2D eigenvalue weighted by molar-refractivity contribution is 0.629. The van der Waals surface area contributed by atoms with Crippen LogP contribution in [0.1, 0.15) is 12.7 Å². The molecule has 3 heterocycles. The molecule has 0 radical (unpaired) electrons. The van der Waals surface area contributed by atoms with Crippen molar-refractivity contribution < 1.29 is 4.39 Å². The van der Waals surface area contributed by atoms with Crippen LogP contribution in [0.25, 0.3) is 21.3 Å². The number of nitrogens with zero attached hydrogens (tertiary/aromatic N) is 4. The van der Waals surface area contributed by atoms with E-state index in [0.717, 1.165) is 10.3 Å². The van der Waals surface area contributed by atoms with E-state index in [-0.39, 0.29) is 11.4 Å². The number of hydrogen-bond acceptors (Lipinski definition) is 4. The predicted octanol–water partition coefficient (Wildman–Crippen LogP) is 3.02. The molecule has 7 heteroatoms. The Morgan fingerprint density at radius 3 is 3.00 bits per heavy atom. The number of halogens is 1. The maximum atomic E-state index is 13.4. The van der Waals surface area contributed by atoms with Crippen LogP contribution in [0, 0.1) is 5.82 Å². The van der Waals surface area contributed by atoms with Gasteiger partial charge in [-0.05, 0) is 30.5 Å². The molecule has 4 aromatic rings. The summed E-state index contributed by atoms with van der Waals surface area (Å²) in [6, 6.07) is 6.33. The number of benzene rings is 1. The second-order valence-corrected chi connectivity index (χ2v) is 6.12. The van der Waals surface area contributed by atoms with Crippen LogP contribution >= 0.6 is 11.3 Å². The molecule has 5 nitrogen and oxygen atoms in total. The van der Waals surface area contributed by atoms with Gasteiger partial charge in [0.25, 0.3) is 5.56 Å². The van der Waals surface area contributed by atoms with Gasteiger partial charge >= 0.3 is 0 Å². The molecule has 4 rings (SSSR count). The normalized spacial score (nSPS) is 11.6. The highest BCUT2D eigenvalue weighted by atomic mass is 32.1. The summed E-state index contributed by atoms with van der Waals surface area (Å²) in [6.45, 7) is 3.00. The molecule has 0 aliphatic heterocycles. The van der Waals surface area contributed by atoms with Gasteiger partial charge in [0.1, 0.15) is 16.5 Å². The summed E-state index contributed by atoms with van der Waals surface area (Å²) in [6.07, 6.45) is 1.54. The Hall–Kier alpha value is -2.54. The van der Waals surface area contributed by atoms with Crippen LogP contribution in [-0.2, 0) is 13.1 Å². The van der Waals surface area contributed by atoms with E-state index in [1.165, 1.54) is 23.5 Å². The topological polar surface area (TPSA) is 52.7 Å². The van der Waals surface area contributed by atoms with Crippen molar-refractivity contribution >= 4 is 32.6 Å². The molecular formula is C16H13FN4OS. The molecule has 0 unspecified atom stereocenters. The second kappa shape index (κ2) is 5.27. The van der Waals surface area contributed by atoms with Gasteiger partial charge in [0.15, 0.2) is 0 Å². The number of thiophene rings is 1. The lowest BCUT2D eigenvalue weighted by atomic mass is 10.3. The molecule has 0 amide bonds. The third kappa shape index (κ3) is 2.24. The van der Waals surface area contributed by atoms with Crippen LogP contribution in [0.5, 0.6) is 0 Å². The highest BCUT2D eigenvalue weighted by molar-refractivity contribution is 7.16. The first-order chi connectivity index (χ1) is 11.2. The molecule has 116 valence electrons. The third-order valence-corrected chi connectivity index (χ3v) is 4.69. The molecule has 3 aromatic heterocycles. The molecule has 0 spiro atoms. The van der Waals surface area contributed by atoms with Gasteiger partial charge in [-0.15, -0.1) is 11.3 Å². The van der Waals surface area contributed by atoms with Gasteiger partial charge < -0.3 is 4.57 Å². The molecule has 0 saturated carbocycles. The largest absolute Gasteiger partial charge is 0.327 e. The number of fused-ring (bicyclic) bond motifs is 2. The van der Waals surface area contributed by atoms with Crippen molar-refractivity contribution in [2.24, 2.45) is 0 Å². The van der Waals surface area contributed by atoms with Crippen LogP contribution in [0.2, 0.25) is 0 Å². The molecule has 0 bridgehead atoms. The second-order valence-electron chi connectivity index (χ2n) is 5.22.